The number of carboxylic acids is 1. The van der Waals surface area contributed by atoms with E-state index >= 15 is 0 Å². The maximum absolute atomic E-state index is 14.0. The summed E-state index contributed by atoms with van der Waals surface area (Å²) in [5, 5.41) is 10.9. The van der Waals surface area contributed by atoms with Crippen LogP contribution in [0.5, 0.6) is 0 Å². The Kier molecular flexibility index (Phi) is 11.0. The molecule has 5 nitrogen and oxygen atoms in total. The van der Waals surface area contributed by atoms with Crippen LogP contribution < -0.4 is 0 Å². The predicted molar refractivity (Wildman–Crippen MR) is 188 cm³/mol. The molecule has 3 rings (SSSR count). The minimum atomic E-state index is -2.25. The summed E-state index contributed by atoms with van der Waals surface area (Å²) in [5.74, 6) is -1.14. The number of fused-ring (bicyclic) bond motifs is 1. The van der Waals surface area contributed by atoms with E-state index in [0.717, 1.165) is 27.7 Å². The van der Waals surface area contributed by atoms with Crippen LogP contribution in [-0.4, -0.2) is 44.5 Å². The highest BCUT2D eigenvalue weighted by molar-refractivity contribution is 6.74. The van der Waals surface area contributed by atoms with Gasteiger partial charge in [-0.3, -0.25) is 4.79 Å². The molecule has 0 amide bonds. The smallest absolute Gasteiger partial charge is 0.305 e. The third-order valence-electron chi connectivity index (χ3n) is 9.48. The van der Waals surface area contributed by atoms with E-state index in [2.05, 4.69) is 110 Å². The van der Waals surface area contributed by atoms with Gasteiger partial charge in [0.2, 0.25) is 0 Å². The monoisotopic (exact) mass is 639 g/mol. The highest BCUT2D eigenvalue weighted by Gasteiger charge is 2.42. The number of aliphatic carboxylic acids is 1. The van der Waals surface area contributed by atoms with Crippen LogP contribution in [0.15, 0.2) is 54.6 Å². The second-order valence-electron chi connectivity index (χ2n) is 15.4. The molecule has 0 aliphatic heterocycles. The molecular weight excluding hydrogens is 586 g/mol. The second kappa shape index (κ2) is 13.5. The van der Waals surface area contributed by atoms with Crippen molar-refractivity contribution < 1.29 is 23.1 Å². The molecule has 0 unspecified atom stereocenters. The Morgan fingerprint density at radius 3 is 1.98 bits per heavy atom. The zero-order valence-electron chi connectivity index (χ0n) is 28.9. The van der Waals surface area contributed by atoms with Gasteiger partial charge in [-0.1, -0.05) is 78.0 Å². The molecule has 1 N–H and O–H groups in total. The van der Waals surface area contributed by atoms with E-state index < -0.39 is 28.7 Å². The molecule has 8 heteroatoms. The summed E-state index contributed by atoms with van der Waals surface area (Å²) in [4.78, 5) is 12.1. The highest BCUT2D eigenvalue weighted by Crippen LogP contribution is 2.42. The van der Waals surface area contributed by atoms with Crippen molar-refractivity contribution in [2.75, 3.05) is 0 Å². The first-order valence-corrected chi connectivity index (χ1v) is 21.6. The van der Waals surface area contributed by atoms with Gasteiger partial charge in [0.15, 0.2) is 16.6 Å². The van der Waals surface area contributed by atoms with Crippen molar-refractivity contribution in [1.82, 2.24) is 4.57 Å². The lowest BCUT2D eigenvalue weighted by atomic mass is 10.0. The van der Waals surface area contributed by atoms with Crippen molar-refractivity contribution in [2.45, 2.75) is 123 Å². The Balaban J connectivity index is 2.19. The highest BCUT2D eigenvalue weighted by atomic mass is 28.4. The molecule has 242 valence electrons. The molecule has 0 spiro atoms. The zero-order valence-corrected chi connectivity index (χ0v) is 30.9. The fraction of sp³-hybridized carbons (Fsp3) is 0.528. The fourth-order valence-electron chi connectivity index (χ4n) is 5.06. The van der Waals surface area contributed by atoms with Gasteiger partial charge in [0, 0.05) is 34.6 Å². The number of hydrogen-bond acceptors (Lipinski definition) is 3. The lowest BCUT2D eigenvalue weighted by molar-refractivity contribution is -0.139. The Morgan fingerprint density at radius 2 is 1.45 bits per heavy atom. The Labute approximate surface area is 266 Å². The first-order valence-electron chi connectivity index (χ1n) is 15.8. The minimum Gasteiger partial charge on any atom is -0.481 e. The average molecular weight is 640 g/mol. The van der Waals surface area contributed by atoms with E-state index in [-0.39, 0.29) is 34.5 Å². The Hall–Kier alpha value is -2.53. The standard InChI is InChI=1S/C36H54FNO4Si2/c1-25(2)38-31-16-14-13-15-30(31)34(26-17-19-27(37)20-18-26)32(38)22-21-28(41-43(9,10)35(3,4)5)23-29(24-33(39)40)42-44(11,12)36(6,7)8/h13-22,25,28-29H,23-24H2,1-12H3,(H,39,40)/t28-,29-/m0/s1. The molecule has 0 saturated carbocycles. The lowest BCUT2D eigenvalue weighted by Gasteiger charge is -2.42. The van der Waals surface area contributed by atoms with Crippen LogP contribution in [0.4, 0.5) is 4.39 Å². The van der Waals surface area contributed by atoms with Gasteiger partial charge in [-0.15, -0.1) is 0 Å². The first kappa shape index (κ1) is 35.9. The molecule has 0 aliphatic rings. The van der Waals surface area contributed by atoms with Gasteiger partial charge in [0.1, 0.15) is 5.82 Å². The molecule has 0 radical (unpaired) electrons. The van der Waals surface area contributed by atoms with Crippen LogP contribution in [0.1, 0.15) is 80.0 Å². The quantitative estimate of drug-likeness (QED) is 0.200. The third-order valence-corrected chi connectivity index (χ3v) is 18.5. The van der Waals surface area contributed by atoms with E-state index in [0.29, 0.717) is 6.42 Å². The van der Waals surface area contributed by atoms with Gasteiger partial charge in [-0.05, 0) is 80.0 Å². The fourth-order valence-corrected chi connectivity index (χ4v) is 7.71. The van der Waals surface area contributed by atoms with Crippen molar-refractivity contribution in [3.05, 3.63) is 66.1 Å². The maximum atomic E-state index is 14.0. The lowest BCUT2D eigenvalue weighted by Crippen LogP contribution is -2.47. The van der Waals surface area contributed by atoms with Gasteiger partial charge in [0.25, 0.3) is 0 Å². The van der Waals surface area contributed by atoms with Crippen LogP contribution in [0.2, 0.25) is 36.3 Å². The Morgan fingerprint density at radius 1 is 0.909 bits per heavy atom. The largest absolute Gasteiger partial charge is 0.481 e. The van der Waals surface area contributed by atoms with E-state index in [4.69, 9.17) is 8.85 Å². The molecule has 0 saturated heterocycles. The molecule has 44 heavy (non-hydrogen) atoms. The topological polar surface area (TPSA) is 60.7 Å². The van der Waals surface area contributed by atoms with Crippen LogP contribution in [0.3, 0.4) is 0 Å². The number of aromatic nitrogens is 1. The molecule has 1 aromatic heterocycles. The van der Waals surface area contributed by atoms with Gasteiger partial charge in [0.05, 0.1) is 18.6 Å². The summed E-state index contributed by atoms with van der Waals surface area (Å²) in [5.41, 5.74) is 4.09. The summed E-state index contributed by atoms with van der Waals surface area (Å²) >= 11 is 0. The van der Waals surface area contributed by atoms with Crippen molar-refractivity contribution in [2.24, 2.45) is 0 Å². The van der Waals surface area contributed by atoms with E-state index in [1.54, 1.807) is 0 Å². The summed E-state index contributed by atoms with van der Waals surface area (Å²) in [7, 11) is -4.50. The predicted octanol–water partition coefficient (Wildman–Crippen LogP) is 10.7. The first-order chi connectivity index (χ1) is 20.1. The third kappa shape index (κ3) is 8.39. The summed E-state index contributed by atoms with van der Waals surface area (Å²) in [6, 6.07) is 15.1. The number of rotatable bonds is 12. The van der Waals surface area contributed by atoms with Gasteiger partial charge in [-0.25, -0.2) is 4.39 Å². The Bertz CT molecular complexity index is 1460. The SMILES string of the molecule is CC(C)n1c(C=C[C@@H](C[C@@H](CC(=O)O)O[Si](C)(C)C(C)(C)C)O[Si](C)(C)C(C)(C)C)c(-c2ccc(F)cc2)c2ccccc21. The van der Waals surface area contributed by atoms with Crippen LogP contribution >= 0.6 is 0 Å². The number of carbonyl (C=O) groups is 1. The number of halogens is 1. The molecule has 0 bridgehead atoms. The molecule has 3 aromatic rings. The van der Waals surface area contributed by atoms with Gasteiger partial charge in [-0.2, -0.15) is 0 Å². The normalized spacial score (nSPS) is 15.0. The number of carboxylic acid groups (broad SMARTS) is 1. The van der Waals surface area contributed by atoms with E-state index in [1.807, 2.05) is 24.3 Å². The van der Waals surface area contributed by atoms with Gasteiger partial charge < -0.3 is 18.5 Å². The van der Waals surface area contributed by atoms with Crippen LogP contribution in [0.25, 0.3) is 28.1 Å². The van der Waals surface area contributed by atoms with Crippen molar-refractivity contribution in [1.29, 1.82) is 0 Å². The van der Waals surface area contributed by atoms with Crippen molar-refractivity contribution in [3.8, 4) is 11.1 Å². The molecule has 2 atom stereocenters. The van der Waals surface area contributed by atoms with Crippen molar-refractivity contribution in [3.63, 3.8) is 0 Å². The number of benzene rings is 2. The van der Waals surface area contributed by atoms with Gasteiger partial charge >= 0.3 is 5.97 Å². The number of para-hydroxylation sites is 1. The zero-order chi connectivity index (χ0) is 33.3. The molecule has 2 aromatic carbocycles. The van der Waals surface area contributed by atoms with E-state index in [9.17, 15) is 14.3 Å². The number of hydrogen-bond donors (Lipinski definition) is 1. The number of nitrogens with zero attached hydrogens (tertiary/aromatic N) is 1. The van der Waals surface area contributed by atoms with Crippen molar-refractivity contribution >= 4 is 39.6 Å². The summed E-state index contributed by atoms with van der Waals surface area (Å²) in [6.07, 6.45) is 3.75. The van der Waals surface area contributed by atoms with Crippen LogP contribution in [-0.2, 0) is 13.6 Å². The molecular formula is C36H54FNO4Si2. The molecule has 1 heterocycles. The minimum absolute atomic E-state index is 0.0340. The molecule has 0 aliphatic carbocycles. The second-order valence-corrected chi connectivity index (χ2v) is 24.9. The maximum Gasteiger partial charge on any atom is 0.305 e. The average Bonchev–Trinajstić information content (AvgIpc) is 3.20. The van der Waals surface area contributed by atoms with E-state index in [1.165, 1.54) is 12.1 Å². The molecule has 0 fully saturated rings. The van der Waals surface area contributed by atoms with Crippen LogP contribution in [0, 0.1) is 5.82 Å². The summed E-state index contributed by atoms with van der Waals surface area (Å²) < 4.78 is 30.0. The summed E-state index contributed by atoms with van der Waals surface area (Å²) in [6.45, 7) is 26.3.